The summed E-state index contributed by atoms with van der Waals surface area (Å²) < 4.78 is 8.90. The number of nitrogens with zero attached hydrogens (tertiary/aromatic N) is 16. The lowest BCUT2D eigenvalue weighted by Gasteiger charge is -2.12. The minimum Gasteiger partial charge on any atom is -0.309 e. The van der Waals surface area contributed by atoms with Crippen LogP contribution in [0.3, 0.4) is 0 Å². The van der Waals surface area contributed by atoms with Gasteiger partial charge in [-0.15, -0.1) is 0 Å². The van der Waals surface area contributed by atoms with E-state index >= 15 is 0 Å². The van der Waals surface area contributed by atoms with Crippen LogP contribution in [0, 0.1) is 19.7 Å². The van der Waals surface area contributed by atoms with Crippen molar-refractivity contribution in [3.8, 4) is 159 Å². The molecule has 0 radical (unpaired) electrons. The van der Waals surface area contributed by atoms with Crippen LogP contribution >= 0.6 is 0 Å². The van der Waals surface area contributed by atoms with E-state index in [0.717, 1.165) is 183 Å². The van der Waals surface area contributed by atoms with E-state index in [4.69, 9.17) is 64.6 Å². The number of para-hydroxylation sites is 4. The zero-order valence-corrected chi connectivity index (χ0v) is 79.5. The van der Waals surface area contributed by atoms with Crippen molar-refractivity contribution in [3.63, 3.8) is 0 Å². The maximum absolute atomic E-state index is 7.76. The molecule has 0 saturated heterocycles. The van der Waals surface area contributed by atoms with Gasteiger partial charge in [0.2, 0.25) is 5.95 Å². The number of aromatic nitrogens is 13. The van der Waals surface area contributed by atoms with Gasteiger partial charge in [0, 0.05) is 88.5 Å². The van der Waals surface area contributed by atoms with Gasteiger partial charge in [0.1, 0.15) is 0 Å². The van der Waals surface area contributed by atoms with E-state index in [1.807, 2.05) is 170 Å². The molecule has 690 valence electrons. The fourth-order valence-electron chi connectivity index (χ4n) is 20.0. The summed E-state index contributed by atoms with van der Waals surface area (Å²) in [7, 11) is 0. The van der Waals surface area contributed by atoms with Crippen molar-refractivity contribution < 1.29 is 0 Å². The predicted octanol–water partition coefficient (Wildman–Crippen LogP) is 33.7. The first kappa shape index (κ1) is 88.5. The molecule has 16 nitrogen and oxygen atoms in total. The van der Waals surface area contributed by atoms with Crippen molar-refractivity contribution in [1.29, 1.82) is 0 Å². The van der Waals surface area contributed by atoms with Crippen molar-refractivity contribution >= 4 is 104 Å². The summed E-state index contributed by atoms with van der Waals surface area (Å²) in [6.07, 6.45) is 0. The quantitative estimate of drug-likeness (QED) is 0.0862. The van der Waals surface area contributed by atoms with Gasteiger partial charge < -0.3 is 13.7 Å². The summed E-state index contributed by atoms with van der Waals surface area (Å²) in [4.78, 5) is 56.3. The highest BCUT2D eigenvalue weighted by Gasteiger charge is 2.25. The van der Waals surface area contributed by atoms with Gasteiger partial charge in [-0.1, -0.05) is 382 Å². The van der Waals surface area contributed by atoms with Crippen molar-refractivity contribution in [2.45, 2.75) is 0 Å². The lowest BCUT2D eigenvalue weighted by atomic mass is 10.0. The largest absolute Gasteiger partial charge is 0.309 e. The topological polar surface area (TPSA) is 149 Å². The fraction of sp³-hybridized carbons (Fsp3) is 0. The smallest absolute Gasteiger partial charge is 0.238 e. The van der Waals surface area contributed by atoms with Crippen molar-refractivity contribution in [2.24, 2.45) is 0 Å². The average Bonchev–Trinajstić information content (AvgIpc) is 1.58. The third kappa shape index (κ3) is 17.0. The molecule has 0 fully saturated rings. The molecule has 0 N–H and O–H groups in total. The number of hydrogen-bond donors (Lipinski definition) is 0. The summed E-state index contributed by atoms with van der Waals surface area (Å²) >= 11 is 0. The molecular weight excluding hydrogens is 1810 g/mol. The van der Waals surface area contributed by atoms with Crippen molar-refractivity contribution in [3.05, 3.63) is 532 Å². The lowest BCUT2D eigenvalue weighted by molar-refractivity contribution is 0.953. The number of fused-ring (bicyclic) bond motifs is 12. The Labute approximate surface area is 851 Å². The SMILES string of the molecule is [C-]#[N+]c1ccc2c(c1)c1cc(-n3c4ccccc4c4ccccc43)ccc1n2-c1nc(-c2ccccc2)nc(-c2ccccc2)n1.[C-]#[N+]c1ccc2c(c1)c1ccccc1n2-c1ccc(-c2nc(-c3ccc(-c4ccccc4)cc3)nc(-c3ccc(-c4ccccc4)cc3)n2)cc1.[C-]#[N+]c1ccc2c(c1)c1ccccc1n2-c1cccc(-c2nc(-c3ccc(-c4ccccc4)cc3)nc(-c3ccc(-c4ccccc4)cc3)n2)c1. The minimum absolute atomic E-state index is 0.521. The zero-order chi connectivity index (χ0) is 98.9. The molecule has 0 spiro atoms. The molecule has 0 atom stereocenters. The van der Waals surface area contributed by atoms with Gasteiger partial charge in [-0.2, -0.15) is 9.97 Å². The second-order valence-corrected chi connectivity index (χ2v) is 36.0. The molecule has 27 rings (SSSR count). The second-order valence-electron chi connectivity index (χ2n) is 36.0. The predicted molar refractivity (Wildman–Crippen MR) is 601 cm³/mol. The number of rotatable bonds is 16. The molecule has 27 aromatic rings. The third-order valence-corrected chi connectivity index (χ3v) is 27.2. The molecule has 0 unspecified atom stereocenters. The Hall–Kier alpha value is -20.9. The first-order chi connectivity index (χ1) is 73.2. The molecule has 0 bridgehead atoms. The molecule has 7 aromatic heterocycles. The Morgan fingerprint density at radius 3 is 0.662 bits per heavy atom. The molecular formula is C132H82N16. The highest BCUT2D eigenvalue weighted by atomic mass is 15.2. The van der Waals surface area contributed by atoms with Crippen molar-refractivity contribution in [1.82, 2.24) is 63.1 Å². The Bertz CT molecular complexity index is 9570. The van der Waals surface area contributed by atoms with Crippen LogP contribution in [0.1, 0.15) is 0 Å². The van der Waals surface area contributed by atoms with E-state index in [0.29, 0.717) is 69.6 Å². The van der Waals surface area contributed by atoms with Gasteiger partial charge in [0.15, 0.2) is 63.7 Å². The minimum atomic E-state index is 0.521. The summed E-state index contributed by atoms with van der Waals surface area (Å²) in [5.41, 5.74) is 29.7. The zero-order valence-electron chi connectivity index (χ0n) is 79.5. The highest BCUT2D eigenvalue weighted by molar-refractivity contribution is 6.15. The number of hydrogen-bond acceptors (Lipinski definition) is 9. The first-order valence-electron chi connectivity index (χ1n) is 48.7. The van der Waals surface area contributed by atoms with Crippen LogP contribution in [0.2, 0.25) is 0 Å². The van der Waals surface area contributed by atoms with Gasteiger partial charge in [0.05, 0.1) is 63.9 Å². The Balaban J connectivity index is 0.000000115. The molecule has 20 aromatic carbocycles. The van der Waals surface area contributed by atoms with E-state index in [1.165, 1.54) is 10.8 Å². The molecule has 0 aliphatic carbocycles. The van der Waals surface area contributed by atoms with Gasteiger partial charge in [-0.25, -0.2) is 49.4 Å². The van der Waals surface area contributed by atoms with E-state index in [2.05, 4.69) is 360 Å². The normalized spacial score (nSPS) is 11.2. The maximum atomic E-state index is 7.76. The van der Waals surface area contributed by atoms with Crippen molar-refractivity contribution in [2.75, 3.05) is 0 Å². The molecule has 7 heterocycles. The molecule has 0 aliphatic rings. The van der Waals surface area contributed by atoms with Gasteiger partial charge in [0.25, 0.3) is 0 Å². The Kier molecular flexibility index (Phi) is 23.1. The average molecular weight is 1890 g/mol. The summed E-state index contributed by atoms with van der Waals surface area (Å²) in [5, 5.41) is 8.73. The van der Waals surface area contributed by atoms with E-state index < -0.39 is 0 Å². The summed E-state index contributed by atoms with van der Waals surface area (Å²) in [6, 6.07) is 169. The van der Waals surface area contributed by atoms with E-state index in [1.54, 1.807) is 0 Å². The molecule has 148 heavy (non-hydrogen) atoms. The Morgan fingerprint density at radius 1 is 0.135 bits per heavy atom. The third-order valence-electron chi connectivity index (χ3n) is 27.2. The van der Waals surface area contributed by atoms with Gasteiger partial charge >= 0.3 is 0 Å². The fourth-order valence-corrected chi connectivity index (χ4v) is 20.0. The van der Waals surface area contributed by atoms with Crippen LogP contribution in [0.5, 0.6) is 0 Å². The maximum Gasteiger partial charge on any atom is 0.238 e. The standard InChI is InChI=1S/2C46H29N5.C40H24N6/c1-47-38-27-28-43-41(30-38)40-17-8-9-18-42(40)51(43)39-16-10-15-37(29-39)46-49-44(35-23-19-33(20-24-35)31-11-4-2-5-12-31)48-45(50-46)36-25-21-34(22-26-36)32-13-6-3-7-14-32;1-47-38-26-29-43-41(30-38)40-14-8-9-15-42(40)51(43)39-27-24-37(25-28-39)46-49-44(35-20-16-33(17-21-35)31-10-4-2-5-11-31)48-45(50-46)36-22-18-34(19-23-36)32-12-6-3-7-13-32;1-41-28-20-22-36-32(24-28)33-25-29(45-34-18-10-8-16-30(34)31-17-9-11-19-35(31)45)21-23-37(33)46(36)40-43-38(26-12-4-2-5-13-26)42-39(44-40)27-14-6-3-7-15-27/h2*2-30H;2-25H. The molecule has 16 heteroatoms. The van der Waals surface area contributed by atoms with Gasteiger partial charge in [-0.3, -0.25) is 4.57 Å². The van der Waals surface area contributed by atoms with Crippen LogP contribution in [0.25, 0.3) is 260 Å². The van der Waals surface area contributed by atoms with Crippen LogP contribution in [-0.2, 0) is 0 Å². The second kappa shape index (κ2) is 38.6. The van der Waals surface area contributed by atoms with Crippen LogP contribution < -0.4 is 0 Å². The highest BCUT2D eigenvalue weighted by Crippen LogP contribution is 2.44. The summed E-state index contributed by atoms with van der Waals surface area (Å²) in [5.74, 6) is 5.35. The van der Waals surface area contributed by atoms with Crippen LogP contribution in [0.4, 0.5) is 17.1 Å². The number of benzene rings is 20. The van der Waals surface area contributed by atoms with Crippen LogP contribution in [-0.4, -0.2) is 63.1 Å². The van der Waals surface area contributed by atoms with Gasteiger partial charge in [-0.05, 0) is 176 Å². The van der Waals surface area contributed by atoms with E-state index in [9.17, 15) is 0 Å². The first-order valence-corrected chi connectivity index (χ1v) is 48.7. The Morgan fingerprint density at radius 2 is 0.338 bits per heavy atom. The lowest BCUT2D eigenvalue weighted by Crippen LogP contribution is -2.06. The van der Waals surface area contributed by atoms with E-state index in [-0.39, 0.29) is 0 Å². The molecule has 0 aliphatic heterocycles. The molecule has 0 saturated carbocycles. The monoisotopic (exact) mass is 1890 g/mol. The summed E-state index contributed by atoms with van der Waals surface area (Å²) in [6.45, 7) is 22.9. The molecule has 0 amide bonds. The van der Waals surface area contributed by atoms with Crippen LogP contribution in [0.15, 0.2) is 497 Å².